The third-order valence-electron chi connectivity index (χ3n) is 2.80. The summed E-state index contributed by atoms with van der Waals surface area (Å²) in [5.74, 6) is 0. The standard InChI is InChI=1S/C12H15BP/c13-14(10-6-1-2-7-11-14)12-8-4-3-5-9-12/h1,3-6,8-9H,2,7,10-11H2. The van der Waals surface area contributed by atoms with Crippen LogP contribution in [-0.2, 0) is 0 Å². The van der Waals surface area contributed by atoms with Crippen molar-refractivity contribution in [3.05, 3.63) is 42.5 Å². The molecule has 0 nitrogen and oxygen atoms in total. The van der Waals surface area contributed by atoms with E-state index >= 15 is 0 Å². The van der Waals surface area contributed by atoms with Gasteiger partial charge >= 0.3 is 86.9 Å². The number of allylic oxidation sites excluding steroid dienone is 2. The van der Waals surface area contributed by atoms with E-state index in [9.17, 15) is 0 Å². The van der Waals surface area contributed by atoms with E-state index in [-0.39, 0.29) is 0 Å². The fraction of sp³-hybridized carbons (Fsp3) is 0.333. The van der Waals surface area contributed by atoms with Crippen LogP contribution in [0.1, 0.15) is 12.8 Å². The minimum absolute atomic E-state index is 1.08. The van der Waals surface area contributed by atoms with Crippen LogP contribution in [0.15, 0.2) is 42.5 Å². The number of hydrogen-bond donors (Lipinski definition) is 0. The molecular weight excluding hydrogens is 186 g/mol. The maximum absolute atomic E-state index is 6.54. The Bertz CT molecular complexity index is 367. The molecule has 1 aromatic rings. The molecule has 1 heterocycles. The molecule has 1 unspecified atom stereocenters. The first-order valence-corrected chi connectivity index (χ1v) is 7.40. The van der Waals surface area contributed by atoms with Gasteiger partial charge in [-0.15, -0.1) is 0 Å². The zero-order valence-corrected chi connectivity index (χ0v) is 9.29. The molecule has 14 heavy (non-hydrogen) atoms. The Kier molecular flexibility index (Phi) is 3.08. The molecule has 1 aliphatic rings. The van der Waals surface area contributed by atoms with Gasteiger partial charge in [-0.1, -0.05) is 0 Å². The first kappa shape index (κ1) is 9.99. The van der Waals surface area contributed by atoms with Gasteiger partial charge < -0.3 is 0 Å². The molecule has 1 radical (unpaired) electrons. The van der Waals surface area contributed by atoms with Crippen molar-refractivity contribution in [2.45, 2.75) is 12.8 Å². The van der Waals surface area contributed by atoms with Gasteiger partial charge in [-0.3, -0.25) is 0 Å². The van der Waals surface area contributed by atoms with Crippen LogP contribution in [0, 0.1) is 0 Å². The number of rotatable bonds is 1. The van der Waals surface area contributed by atoms with E-state index in [0.717, 1.165) is 6.16 Å². The molecule has 2 heteroatoms. The second kappa shape index (κ2) is 4.32. The number of hydrogen-bond acceptors (Lipinski definition) is 0. The van der Waals surface area contributed by atoms with Gasteiger partial charge in [-0.2, -0.15) is 0 Å². The summed E-state index contributed by atoms with van der Waals surface area (Å²) >= 11 is 0. The van der Waals surface area contributed by atoms with Gasteiger partial charge in [0.1, 0.15) is 0 Å². The third-order valence-corrected chi connectivity index (χ3v) is 6.10. The Morgan fingerprint density at radius 1 is 1.07 bits per heavy atom. The summed E-state index contributed by atoms with van der Waals surface area (Å²) in [4.78, 5) is 0. The van der Waals surface area contributed by atoms with Crippen molar-refractivity contribution in [2.24, 2.45) is 0 Å². The van der Waals surface area contributed by atoms with Gasteiger partial charge in [0.25, 0.3) is 0 Å². The SMILES string of the molecule is [B]=P1(c2ccccc2)CC=CCCC1. The molecule has 0 amide bonds. The van der Waals surface area contributed by atoms with Gasteiger partial charge in [-0.25, -0.2) is 0 Å². The summed E-state index contributed by atoms with van der Waals surface area (Å²) in [5.41, 5.74) is 0. The molecule has 0 spiro atoms. The van der Waals surface area contributed by atoms with Gasteiger partial charge in [0, 0.05) is 0 Å². The average molecular weight is 201 g/mol. The molecule has 0 aliphatic carbocycles. The Labute approximate surface area is 87.4 Å². The quantitative estimate of drug-likeness (QED) is 0.372. The van der Waals surface area contributed by atoms with Crippen molar-refractivity contribution in [3.63, 3.8) is 0 Å². The van der Waals surface area contributed by atoms with Gasteiger partial charge in [0.15, 0.2) is 0 Å². The summed E-state index contributed by atoms with van der Waals surface area (Å²) in [6.45, 7) is -1.35. The first-order chi connectivity index (χ1) is 6.81. The molecule has 71 valence electrons. The Balaban J connectivity index is 2.32. The zero-order chi connectivity index (χ0) is 9.86. The summed E-state index contributed by atoms with van der Waals surface area (Å²) in [5, 5.41) is 1.38. The van der Waals surface area contributed by atoms with Crippen molar-refractivity contribution in [1.29, 1.82) is 0 Å². The molecule has 0 fully saturated rings. The van der Waals surface area contributed by atoms with Crippen molar-refractivity contribution in [2.75, 3.05) is 12.3 Å². The molecule has 1 aliphatic heterocycles. The van der Waals surface area contributed by atoms with Gasteiger partial charge in [-0.05, 0) is 0 Å². The van der Waals surface area contributed by atoms with Crippen LogP contribution >= 0.6 is 6.75 Å². The van der Waals surface area contributed by atoms with Gasteiger partial charge in [0.2, 0.25) is 0 Å². The molecule has 0 saturated carbocycles. The number of benzene rings is 1. The van der Waals surface area contributed by atoms with Crippen molar-refractivity contribution >= 4 is 19.2 Å². The molecule has 0 saturated heterocycles. The van der Waals surface area contributed by atoms with E-state index in [1.165, 1.54) is 24.3 Å². The molecular formula is C12H15BP. The predicted octanol–water partition coefficient (Wildman–Crippen LogP) is 2.76. The molecule has 1 atom stereocenters. The van der Waals surface area contributed by atoms with Crippen molar-refractivity contribution in [3.8, 4) is 0 Å². The predicted molar refractivity (Wildman–Crippen MR) is 66.9 cm³/mol. The van der Waals surface area contributed by atoms with Gasteiger partial charge in [0.05, 0.1) is 0 Å². The van der Waals surface area contributed by atoms with Crippen LogP contribution in [0.2, 0.25) is 0 Å². The molecule has 0 N–H and O–H groups in total. The van der Waals surface area contributed by atoms with Crippen LogP contribution in [0.4, 0.5) is 0 Å². The Morgan fingerprint density at radius 3 is 2.64 bits per heavy atom. The normalized spacial score (nSPS) is 27.1. The van der Waals surface area contributed by atoms with E-state index in [4.69, 9.17) is 7.18 Å². The molecule has 0 aromatic heterocycles. The van der Waals surface area contributed by atoms with E-state index < -0.39 is 6.75 Å². The minimum atomic E-state index is -1.35. The summed E-state index contributed by atoms with van der Waals surface area (Å²) < 4.78 is 0. The third kappa shape index (κ3) is 2.09. The average Bonchev–Trinajstić information content (AvgIpc) is 2.46. The second-order valence-corrected chi connectivity index (χ2v) is 7.29. The van der Waals surface area contributed by atoms with Crippen LogP contribution < -0.4 is 5.30 Å². The van der Waals surface area contributed by atoms with Crippen LogP contribution in [0.3, 0.4) is 0 Å². The second-order valence-electron chi connectivity index (χ2n) is 3.89. The fourth-order valence-electron chi connectivity index (χ4n) is 1.92. The first-order valence-electron chi connectivity index (χ1n) is 5.17. The monoisotopic (exact) mass is 201 g/mol. The maximum atomic E-state index is 6.54. The van der Waals surface area contributed by atoms with Crippen molar-refractivity contribution < 1.29 is 0 Å². The zero-order valence-electron chi connectivity index (χ0n) is 8.39. The molecule has 2 rings (SSSR count). The molecule has 0 bridgehead atoms. The van der Waals surface area contributed by atoms with Crippen LogP contribution in [-0.4, -0.2) is 19.5 Å². The summed E-state index contributed by atoms with van der Waals surface area (Å²) in [6, 6.07) is 10.6. The fourth-order valence-corrected chi connectivity index (χ4v) is 4.61. The van der Waals surface area contributed by atoms with Crippen LogP contribution in [0.5, 0.6) is 0 Å². The van der Waals surface area contributed by atoms with E-state index in [2.05, 4.69) is 42.5 Å². The van der Waals surface area contributed by atoms with E-state index in [1.807, 2.05) is 0 Å². The van der Waals surface area contributed by atoms with Crippen LogP contribution in [0.25, 0.3) is 0 Å². The Hall–Kier alpha value is -0.545. The van der Waals surface area contributed by atoms with Crippen molar-refractivity contribution in [1.82, 2.24) is 0 Å². The van der Waals surface area contributed by atoms with E-state index in [0.29, 0.717) is 0 Å². The summed E-state index contributed by atoms with van der Waals surface area (Å²) in [6.07, 6.45) is 9.27. The molecule has 1 aromatic carbocycles. The van der Waals surface area contributed by atoms with E-state index in [1.54, 1.807) is 0 Å². The Morgan fingerprint density at radius 2 is 1.86 bits per heavy atom. The topological polar surface area (TPSA) is 0 Å². The summed E-state index contributed by atoms with van der Waals surface area (Å²) in [7, 11) is 6.54.